The van der Waals surface area contributed by atoms with E-state index in [2.05, 4.69) is 22.4 Å². The molecule has 1 atom stereocenters. The van der Waals surface area contributed by atoms with Gasteiger partial charge in [-0.3, -0.25) is 4.21 Å². The van der Waals surface area contributed by atoms with E-state index in [0.717, 1.165) is 36.1 Å². The number of nitrogens with two attached hydrogens (primary N) is 1. The molecular weight excluding hydrogens is 292 g/mol. The third-order valence-corrected chi connectivity index (χ3v) is 4.06. The predicted octanol–water partition coefficient (Wildman–Crippen LogP) is 1.42. The molecule has 0 amide bonds. The zero-order valence-electron chi connectivity index (χ0n) is 12.2. The zero-order chi connectivity index (χ0) is 15.1. The van der Waals surface area contributed by atoms with Gasteiger partial charge in [0.25, 0.3) is 0 Å². The molecule has 3 N–H and O–H groups in total. The van der Waals surface area contributed by atoms with Crippen molar-refractivity contribution in [2.24, 2.45) is 5.73 Å². The standard InChI is InChI=1S/C13H22N4OS2/c1-4-9-10(5-2)16-17-13(11(9)12(14)19)15-7-6-8-20(3)18/h4-8H2,1-3H3,(H2,14,19)(H,15,17). The van der Waals surface area contributed by atoms with Gasteiger partial charge >= 0.3 is 0 Å². The molecule has 0 saturated carbocycles. The Morgan fingerprint density at radius 2 is 2.05 bits per heavy atom. The fourth-order valence-electron chi connectivity index (χ4n) is 2.04. The lowest BCUT2D eigenvalue weighted by Crippen LogP contribution is -2.20. The first-order valence-electron chi connectivity index (χ1n) is 6.73. The lowest BCUT2D eigenvalue weighted by molar-refractivity contribution is 0.685. The maximum Gasteiger partial charge on any atom is 0.159 e. The van der Waals surface area contributed by atoms with Gasteiger partial charge in [-0.15, -0.1) is 5.10 Å². The van der Waals surface area contributed by atoms with Crippen LogP contribution in [0.3, 0.4) is 0 Å². The van der Waals surface area contributed by atoms with Crippen molar-refractivity contribution in [2.45, 2.75) is 33.1 Å². The van der Waals surface area contributed by atoms with Crippen molar-refractivity contribution in [1.82, 2.24) is 10.2 Å². The van der Waals surface area contributed by atoms with Crippen LogP contribution < -0.4 is 11.1 Å². The van der Waals surface area contributed by atoms with Crippen molar-refractivity contribution in [3.8, 4) is 0 Å². The largest absolute Gasteiger partial charge is 0.389 e. The van der Waals surface area contributed by atoms with Gasteiger partial charge in [0.05, 0.1) is 11.3 Å². The monoisotopic (exact) mass is 314 g/mol. The van der Waals surface area contributed by atoms with Gasteiger partial charge in [-0.25, -0.2) is 0 Å². The van der Waals surface area contributed by atoms with Gasteiger partial charge in [0.1, 0.15) is 4.99 Å². The molecule has 5 nitrogen and oxygen atoms in total. The second-order valence-corrected chi connectivity index (χ2v) is 6.47. The summed E-state index contributed by atoms with van der Waals surface area (Å²) < 4.78 is 11.0. The first kappa shape index (κ1) is 17.0. The summed E-state index contributed by atoms with van der Waals surface area (Å²) in [5.41, 5.74) is 8.65. The molecule has 112 valence electrons. The third kappa shape index (κ3) is 4.49. The summed E-state index contributed by atoms with van der Waals surface area (Å²) in [7, 11) is -0.775. The van der Waals surface area contributed by atoms with Crippen molar-refractivity contribution in [2.75, 3.05) is 23.9 Å². The molecule has 0 saturated heterocycles. The highest BCUT2D eigenvalue weighted by Gasteiger charge is 2.16. The number of nitrogens with zero attached hydrogens (tertiary/aromatic N) is 2. The summed E-state index contributed by atoms with van der Waals surface area (Å²) in [4.78, 5) is 0.341. The average Bonchev–Trinajstić information content (AvgIpc) is 2.41. The molecule has 0 fully saturated rings. The highest BCUT2D eigenvalue weighted by Crippen LogP contribution is 2.20. The van der Waals surface area contributed by atoms with Crippen molar-refractivity contribution in [3.63, 3.8) is 0 Å². The van der Waals surface area contributed by atoms with E-state index in [0.29, 0.717) is 23.1 Å². The van der Waals surface area contributed by atoms with Gasteiger partial charge in [0.15, 0.2) is 5.82 Å². The third-order valence-electron chi connectivity index (χ3n) is 2.99. The second kappa shape index (κ2) is 8.26. The summed E-state index contributed by atoms with van der Waals surface area (Å²) in [6.07, 6.45) is 4.13. The van der Waals surface area contributed by atoms with Crippen LogP contribution in [-0.4, -0.2) is 37.9 Å². The minimum atomic E-state index is -0.775. The van der Waals surface area contributed by atoms with E-state index in [1.54, 1.807) is 6.26 Å². The highest BCUT2D eigenvalue weighted by molar-refractivity contribution is 7.84. The van der Waals surface area contributed by atoms with Crippen molar-refractivity contribution in [1.29, 1.82) is 0 Å². The van der Waals surface area contributed by atoms with Crippen LogP contribution in [-0.2, 0) is 23.6 Å². The molecule has 0 radical (unpaired) electrons. The SMILES string of the molecule is CCc1nnc(NCCCS(C)=O)c(C(N)=S)c1CC. The van der Waals surface area contributed by atoms with Crippen molar-refractivity contribution < 1.29 is 4.21 Å². The number of nitrogens with one attached hydrogen (secondary N) is 1. The first-order chi connectivity index (χ1) is 9.51. The van der Waals surface area contributed by atoms with Gasteiger partial charge in [-0.2, -0.15) is 5.10 Å². The number of thiocarbonyl (C=S) groups is 1. The molecule has 0 aromatic carbocycles. The summed E-state index contributed by atoms with van der Waals surface area (Å²) in [5, 5.41) is 11.6. The van der Waals surface area contributed by atoms with Crippen LogP contribution in [0.25, 0.3) is 0 Å². The molecule has 0 aliphatic rings. The summed E-state index contributed by atoms with van der Waals surface area (Å²) in [5.74, 6) is 1.30. The van der Waals surface area contributed by atoms with Gasteiger partial charge in [0, 0.05) is 29.4 Å². The van der Waals surface area contributed by atoms with Crippen molar-refractivity contribution >= 4 is 33.8 Å². The lowest BCUT2D eigenvalue weighted by atomic mass is 10.0. The maximum absolute atomic E-state index is 11.0. The lowest BCUT2D eigenvalue weighted by Gasteiger charge is -2.15. The Balaban J connectivity index is 2.95. The van der Waals surface area contributed by atoms with Gasteiger partial charge in [0.2, 0.25) is 0 Å². The van der Waals surface area contributed by atoms with E-state index in [4.69, 9.17) is 18.0 Å². The number of aryl methyl sites for hydroxylation is 1. The molecule has 0 aliphatic heterocycles. The Hall–Kier alpha value is -1.08. The topological polar surface area (TPSA) is 80.9 Å². The molecule has 1 rings (SSSR count). The van der Waals surface area contributed by atoms with Crippen LogP contribution in [0.15, 0.2) is 0 Å². The van der Waals surface area contributed by atoms with Crippen LogP contribution in [0.5, 0.6) is 0 Å². The number of aromatic nitrogens is 2. The Kier molecular flexibility index (Phi) is 7.01. The Bertz CT molecular complexity index is 505. The molecule has 1 aromatic rings. The smallest absolute Gasteiger partial charge is 0.159 e. The summed E-state index contributed by atoms with van der Waals surface area (Å²) >= 11 is 5.15. The van der Waals surface area contributed by atoms with E-state index >= 15 is 0 Å². The van der Waals surface area contributed by atoms with E-state index in [9.17, 15) is 4.21 Å². The normalized spacial score (nSPS) is 12.2. The van der Waals surface area contributed by atoms with E-state index in [1.807, 2.05) is 6.92 Å². The first-order valence-corrected chi connectivity index (χ1v) is 8.86. The van der Waals surface area contributed by atoms with E-state index in [-0.39, 0.29) is 0 Å². The predicted molar refractivity (Wildman–Crippen MR) is 88.7 cm³/mol. The molecule has 0 bridgehead atoms. The molecule has 1 unspecified atom stereocenters. The summed E-state index contributed by atoms with van der Waals surface area (Å²) in [6, 6.07) is 0. The Morgan fingerprint density at radius 1 is 1.35 bits per heavy atom. The van der Waals surface area contributed by atoms with Crippen molar-refractivity contribution in [3.05, 3.63) is 16.8 Å². The molecule has 7 heteroatoms. The number of hydrogen-bond donors (Lipinski definition) is 2. The van der Waals surface area contributed by atoms with Gasteiger partial charge in [-0.1, -0.05) is 26.1 Å². The number of rotatable bonds is 8. The number of hydrogen-bond acceptors (Lipinski definition) is 5. The fourth-order valence-corrected chi connectivity index (χ4v) is 2.81. The molecule has 1 heterocycles. The van der Waals surface area contributed by atoms with Crippen LogP contribution in [0.2, 0.25) is 0 Å². The Labute approximate surface area is 128 Å². The van der Waals surface area contributed by atoms with Crippen LogP contribution in [0, 0.1) is 0 Å². The molecule has 0 spiro atoms. The molecule has 1 aromatic heterocycles. The minimum Gasteiger partial charge on any atom is -0.389 e. The number of anilines is 1. The zero-order valence-corrected chi connectivity index (χ0v) is 13.9. The Morgan fingerprint density at radius 3 is 2.55 bits per heavy atom. The van der Waals surface area contributed by atoms with Gasteiger partial charge in [-0.05, 0) is 24.8 Å². The van der Waals surface area contributed by atoms with Gasteiger partial charge < -0.3 is 11.1 Å². The minimum absolute atomic E-state index is 0.341. The molecular formula is C13H22N4OS2. The molecule has 0 aliphatic carbocycles. The van der Waals surface area contributed by atoms with E-state index < -0.39 is 10.8 Å². The molecule has 20 heavy (non-hydrogen) atoms. The fraction of sp³-hybridized carbons (Fsp3) is 0.615. The average molecular weight is 314 g/mol. The summed E-state index contributed by atoms with van der Waals surface area (Å²) in [6.45, 7) is 4.77. The second-order valence-electron chi connectivity index (χ2n) is 4.48. The van der Waals surface area contributed by atoms with Crippen LogP contribution in [0.4, 0.5) is 5.82 Å². The van der Waals surface area contributed by atoms with Crippen LogP contribution in [0.1, 0.15) is 37.1 Å². The maximum atomic E-state index is 11.0. The van der Waals surface area contributed by atoms with Crippen LogP contribution >= 0.6 is 12.2 Å². The quantitative estimate of drug-likeness (QED) is 0.558. The van der Waals surface area contributed by atoms with E-state index in [1.165, 1.54) is 0 Å². The highest BCUT2D eigenvalue weighted by atomic mass is 32.2.